The lowest BCUT2D eigenvalue weighted by molar-refractivity contribution is -0.136. The Labute approximate surface area is 160 Å². The van der Waals surface area contributed by atoms with Crippen LogP contribution in [0.2, 0.25) is 0 Å². The van der Waals surface area contributed by atoms with Gasteiger partial charge in [-0.05, 0) is 25.1 Å². The Kier molecular flexibility index (Phi) is 5.86. The van der Waals surface area contributed by atoms with Crippen molar-refractivity contribution < 1.29 is 22.7 Å². The summed E-state index contributed by atoms with van der Waals surface area (Å²) in [6.07, 6.45) is -3.34. The fourth-order valence-electron chi connectivity index (χ4n) is 2.85. The SMILES string of the molecule is CCOC(=O)N1CCN(c2nccc(Nc3ccccc3C(F)(F)F)n2)CC1. The van der Waals surface area contributed by atoms with Crippen LogP contribution in [0.25, 0.3) is 0 Å². The van der Waals surface area contributed by atoms with Crippen molar-refractivity contribution in [3.8, 4) is 0 Å². The highest BCUT2D eigenvalue weighted by molar-refractivity contribution is 5.68. The minimum Gasteiger partial charge on any atom is -0.450 e. The van der Waals surface area contributed by atoms with Crippen molar-refractivity contribution in [3.05, 3.63) is 42.1 Å². The first kappa shape index (κ1) is 19.7. The van der Waals surface area contributed by atoms with Gasteiger partial charge in [-0.3, -0.25) is 0 Å². The zero-order valence-corrected chi connectivity index (χ0v) is 15.2. The van der Waals surface area contributed by atoms with Gasteiger partial charge in [0.05, 0.1) is 17.9 Å². The van der Waals surface area contributed by atoms with E-state index in [4.69, 9.17) is 4.74 Å². The summed E-state index contributed by atoms with van der Waals surface area (Å²) in [7, 11) is 0. The van der Waals surface area contributed by atoms with Crippen LogP contribution >= 0.6 is 0 Å². The molecule has 2 aromatic rings. The minimum atomic E-state index is -4.47. The molecule has 1 aromatic carbocycles. The van der Waals surface area contributed by atoms with Crippen LogP contribution in [0.15, 0.2) is 36.5 Å². The van der Waals surface area contributed by atoms with E-state index in [1.54, 1.807) is 11.8 Å². The van der Waals surface area contributed by atoms with Gasteiger partial charge >= 0.3 is 12.3 Å². The monoisotopic (exact) mass is 395 g/mol. The van der Waals surface area contributed by atoms with Crippen molar-refractivity contribution in [1.29, 1.82) is 0 Å². The molecule has 1 N–H and O–H groups in total. The number of ether oxygens (including phenoxy) is 1. The molecule has 1 aliphatic rings. The summed E-state index contributed by atoms with van der Waals surface area (Å²) in [5, 5.41) is 2.72. The molecule has 150 valence electrons. The van der Waals surface area contributed by atoms with Gasteiger partial charge in [-0.25, -0.2) is 9.78 Å². The summed E-state index contributed by atoms with van der Waals surface area (Å²) in [5.41, 5.74) is -0.843. The second-order valence-corrected chi connectivity index (χ2v) is 6.08. The molecule has 3 rings (SSSR count). The third kappa shape index (κ3) is 4.62. The fraction of sp³-hybridized carbons (Fsp3) is 0.389. The van der Waals surface area contributed by atoms with E-state index in [0.717, 1.165) is 6.07 Å². The lowest BCUT2D eigenvalue weighted by Gasteiger charge is -2.34. The number of piperazine rings is 1. The van der Waals surface area contributed by atoms with E-state index in [1.165, 1.54) is 30.5 Å². The second-order valence-electron chi connectivity index (χ2n) is 6.08. The van der Waals surface area contributed by atoms with Crippen LogP contribution in [-0.2, 0) is 10.9 Å². The first-order chi connectivity index (χ1) is 13.4. The number of hydrogen-bond acceptors (Lipinski definition) is 6. The quantitative estimate of drug-likeness (QED) is 0.854. The molecule has 0 atom stereocenters. The molecule has 0 aliphatic carbocycles. The third-order valence-electron chi connectivity index (χ3n) is 4.23. The van der Waals surface area contributed by atoms with E-state index in [1.807, 2.05) is 4.90 Å². The number of halogens is 3. The predicted molar refractivity (Wildman–Crippen MR) is 97.6 cm³/mol. The maximum absolute atomic E-state index is 13.2. The van der Waals surface area contributed by atoms with Crippen molar-refractivity contribution in [3.63, 3.8) is 0 Å². The summed E-state index contributed by atoms with van der Waals surface area (Å²) in [5.74, 6) is 0.646. The Hall–Kier alpha value is -3.04. The van der Waals surface area contributed by atoms with Crippen molar-refractivity contribution >= 4 is 23.5 Å². The number of para-hydroxylation sites is 1. The molecule has 2 heterocycles. The van der Waals surface area contributed by atoms with Gasteiger partial charge in [-0.2, -0.15) is 18.2 Å². The van der Waals surface area contributed by atoms with E-state index in [2.05, 4.69) is 15.3 Å². The fourth-order valence-corrected chi connectivity index (χ4v) is 2.85. The summed E-state index contributed by atoms with van der Waals surface area (Å²) < 4.78 is 44.4. The minimum absolute atomic E-state index is 0.0771. The van der Waals surface area contributed by atoms with Crippen LogP contribution in [-0.4, -0.2) is 53.7 Å². The maximum atomic E-state index is 13.2. The summed E-state index contributed by atoms with van der Waals surface area (Å²) in [6.45, 7) is 3.98. The molecule has 1 amide bonds. The topological polar surface area (TPSA) is 70.6 Å². The number of carbonyl (C=O) groups excluding carboxylic acids is 1. The lowest BCUT2D eigenvalue weighted by atomic mass is 10.1. The van der Waals surface area contributed by atoms with Gasteiger partial charge in [0.2, 0.25) is 5.95 Å². The van der Waals surface area contributed by atoms with Crippen LogP contribution in [0.3, 0.4) is 0 Å². The zero-order chi connectivity index (χ0) is 20.1. The number of anilines is 3. The van der Waals surface area contributed by atoms with Gasteiger partial charge in [-0.1, -0.05) is 12.1 Å². The van der Waals surface area contributed by atoms with Crippen LogP contribution in [0.4, 0.5) is 35.4 Å². The van der Waals surface area contributed by atoms with E-state index < -0.39 is 11.7 Å². The van der Waals surface area contributed by atoms with Crippen LogP contribution in [0.1, 0.15) is 12.5 Å². The molecule has 0 bridgehead atoms. The smallest absolute Gasteiger partial charge is 0.418 e. The third-order valence-corrected chi connectivity index (χ3v) is 4.23. The molecular weight excluding hydrogens is 375 g/mol. The van der Waals surface area contributed by atoms with Gasteiger partial charge in [0.25, 0.3) is 0 Å². The Balaban J connectivity index is 1.70. The first-order valence-electron chi connectivity index (χ1n) is 8.81. The second kappa shape index (κ2) is 8.32. The Bertz CT molecular complexity index is 823. The highest BCUT2D eigenvalue weighted by Crippen LogP contribution is 2.35. The van der Waals surface area contributed by atoms with E-state index in [-0.39, 0.29) is 17.6 Å². The molecule has 1 saturated heterocycles. The number of nitrogens with one attached hydrogen (secondary N) is 1. The Morgan fingerprint density at radius 1 is 1.18 bits per heavy atom. The van der Waals surface area contributed by atoms with Gasteiger partial charge in [-0.15, -0.1) is 0 Å². The van der Waals surface area contributed by atoms with E-state index in [0.29, 0.717) is 38.7 Å². The normalized spacial score (nSPS) is 14.7. The van der Waals surface area contributed by atoms with Crippen molar-refractivity contribution in [2.24, 2.45) is 0 Å². The summed E-state index contributed by atoms with van der Waals surface area (Å²) in [6, 6.07) is 6.73. The van der Waals surface area contributed by atoms with Crippen molar-refractivity contribution in [1.82, 2.24) is 14.9 Å². The lowest BCUT2D eigenvalue weighted by Crippen LogP contribution is -2.49. The number of carbonyl (C=O) groups is 1. The van der Waals surface area contributed by atoms with E-state index >= 15 is 0 Å². The summed E-state index contributed by atoms with van der Waals surface area (Å²) in [4.78, 5) is 23.8. The number of hydrogen-bond donors (Lipinski definition) is 1. The van der Waals surface area contributed by atoms with Crippen molar-refractivity contribution in [2.75, 3.05) is 43.0 Å². The van der Waals surface area contributed by atoms with E-state index in [9.17, 15) is 18.0 Å². The summed E-state index contributed by atoms with van der Waals surface area (Å²) >= 11 is 0. The molecule has 7 nitrogen and oxygen atoms in total. The number of amides is 1. The molecule has 0 unspecified atom stereocenters. The van der Waals surface area contributed by atoms with Crippen LogP contribution in [0, 0.1) is 0 Å². The standard InChI is InChI=1S/C18H20F3N5O2/c1-2-28-17(27)26-11-9-25(10-12-26)16-22-8-7-15(24-16)23-14-6-4-3-5-13(14)18(19,20)21/h3-8H,2,9-12H2,1H3,(H,22,23,24). The molecular formula is C18H20F3N5O2. The van der Waals surface area contributed by atoms with Gasteiger partial charge in [0.1, 0.15) is 5.82 Å². The van der Waals surface area contributed by atoms with Crippen LogP contribution < -0.4 is 10.2 Å². The zero-order valence-electron chi connectivity index (χ0n) is 15.2. The Morgan fingerprint density at radius 2 is 1.89 bits per heavy atom. The molecule has 0 saturated carbocycles. The number of alkyl halides is 3. The molecule has 28 heavy (non-hydrogen) atoms. The van der Waals surface area contributed by atoms with Gasteiger partial charge < -0.3 is 19.9 Å². The Morgan fingerprint density at radius 3 is 2.57 bits per heavy atom. The average Bonchev–Trinajstić information content (AvgIpc) is 2.68. The highest BCUT2D eigenvalue weighted by Gasteiger charge is 2.33. The number of nitrogens with zero attached hydrogens (tertiary/aromatic N) is 4. The number of rotatable bonds is 4. The first-order valence-corrected chi connectivity index (χ1v) is 8.81. The molecule has 1 aromatic heterocycles. The van der Waals surface area contributed by atoms with Gasteiger partial charge in [0.15, 0.2) is 0 Å². The average molecular weight is 395 g/mol. The number of aromatic nitrogens is 2. The van der Waals surface area contributed by atoms with Crippen LogP contribution in [0.5, 0.6) is 0 Å². The largest absolute Gasteiger partial charge is 0.450 e. The highest BCUT2D eigenvalue weighted by atomic mass is 19.4. The maximum Gasteiger partial charge on any atom is 0.418 e. The predicted octanol–water partition coefficient (Wildman–Crippen LogP) is 3.52. The number of benzene rings is 1. The molecule has 1 fully saturated rings. The molecule has 0 radical (unpaired) electrons. The molecule has 0 spiro atoms. The molecule has 1 aliphatic heterocycles. The van der Waals surface area contributed by atoms with Crippen molar-refractivity contribution in [2.45, 2.75) is 13.1 Å². The van der Waals surface area contributed by atoms with Gasteiger partial charge in [0, 0.05) is 32.4 Å². The molecule has 10 heteroatoms.